The summed E-state index contributed by atoms with van der Waals surface area (Å²) in [7, 11) is 0. The molecule has 3 nitrogen and oxygen atoms in total. The largest absolute Gasteiger partial charge is 0.326 e. The predicted molar refractivity (Wildman–Crippen MR) is 79.9 cm³/mol. The van der Waals surface area contributed by atoms with Crippen molar-refractivity contribution in [2.75, 3.05) is 11.9 Å². The van der Waals surface area contributed by atoms with Crippen LogP contribution in [0.4, 0.5) is 5.69 Å². The summed E-state index contributed by atoms with van der Waals surface area (Å²) in [5.41, 5.74) is 1.96. The highest BCUT2D eigenvalue weighted by molar-refractivity contribution is 9.10. The Labute approximate surface area is 117 Å². The molecule has 0 aromatic heterocycles. The van der Waals surface area contributed by atoms with Crippen molar-refractivity contribution < 1.29 is 4.79 Å². The lowest BCUT2D eigenvalue weighted by Crippen LogP contribution is -2.24. The number of carbonyl (C=O) groups excluding carboxylic acids is 1. The van der Waals surface area contributed by atoms with Crippen LogP contribution in [-0.2, 0) is 4.79 Å². The van der Waals surface area contributed by atoms with Gasteiger partial charge in [-0.25, -0.2) is 0 Å². The predicted octanol–water partition coefficient (Wildman–Crippen LogP) is 3.47. The minimum absolute atomic E-state index is 0.0750. The van der Waals surface area contributed by atoms with Crippen LogP contribution < -0.4 is 10.6 Å². The van der Waals surface area contributed by atoms with Gasteiger partial charge in [0.25, 0.3) is 0 Å². The molecular weight excluding hydrogens is 292 g/mol. The Hall–Kier alpha value is -0.870. The van der Waals surface area contributed by atoms with E-state index in [1.54, 1.807) is 0 Å². The van der Waals surface area contributed by atoms with Gasteiger partial charge in [-0.15, -0.1) is 0 Å². The summed E-state index contributed by atoms with van der Waals surface area (Å²) in [5.74, 6) is 0.0750. The van der Waals surface area contributed by atoms with Gasteiger partial charge in [-0.05, 0) is 43.7 Å². The SMILES string of the molecule is Cc1cc(Br)ccc1NC(=O)CCCNC(C)C. The Bertz CT molecular complexity index is 405. The summed E-state index contributed by atoms with van der Waals surface area (Å²) in [5, 5.41) is 6.24. The fraction of sp³-hybridized carbons (Fsp3) is 0.500. The molecule has 0 atom stereocenters. The van der Waals surface area contributed by atoms with Crippen LogP contribution in [-0.4, -0.2) is 18.5 Å². The van der Waals surface area contributed by atoms with Crippen molar-refractivity contribution in [1.82, 2.24) is 5.32 Å². The molecule has 1 rings (SSSR count). The van der Waals surface area contributed by atoms with E-state index < -0.39 is 0 Å². The van der Waals surface area contributed by atoms with Crippen LogP contribution in [0.2, 0.25) is 0 Å². The van der Waals surface area contributed by atoms with E-state index in [1.807, 2.05) is 25.1 Å². The fourth-order valence-electron chi connectivity index (χ4n) is 1.62. The van der Waals surface area contributed by atoms with Gasteiger partial charge in [-0.3, -0.25) is 4.79 Å². The third kappa shape index (κ3) is 5.65. The number of hydrogen-bond acceptors (Lipinski definition) is 2. The van der Waals surface area contributed by atoms with Crippen LogP contribution in [0, 0.1) is 6.92 Å². The summed E-state index contributed by atoms with van der Waals surface area (Å²) in [6.07, 6.45) is 1.41. The molecule has 1 aromatic rings. The number of benzene rings is 1. The third-order valence-corrected chi connectivity index (χ3v) is 3.09. The zero-order valence-corrected chi connectivity index (χ0v) is 12.8. The van der Waals surface area contributed by atoms with Crippen LogP contribution in [0.3, 0.4) is 0 Å². The summed E-state index contributed by atoms with van der Waals surface area (Å²) >= 11 is 3.41. The lowest BCUT2D eigenvalue weighted by atomic mass is 10.2. The minimum atomic E-state index is 0.0750. The van der Waals surface area contributed by atoms with Gasteiger partial charge in [0.2, 0.25) is 5.91 Å². The number of nitrogens with one attached hydrogen (secondary N) is 2. The summed E-state index contributed by atoms with van der Waals surface area (Å²) in [4.78, 5) is 11.7. The van der Waals surface area contributed by atoms with Crippen LogP contribution in [0.25, 0.3) is 0 Å². The van der Waals surface area contributed by atoms with E-state index in [2.05, 4.69) is 40.4 Å². The number of anilines is 1. The summed E-state index contributed by atoms with van der Waals surface area (Å²) in [6.45, 7) is 7.07. The number of aryl methyl sites for hydroxylation is 1. The molecule has 0 saturated carbocycles. The second-order valence-corrected chi connectivity index (χ2v) is 5.64. The number of hydrogen-bond donors (Lipinski definition) is 2. The molecule has 2 N–H and O–H groups in total. The molecule has 1 amide bonds. The van der Waals surface area contributed by atoms with Crippen LogP contribution >= 0.6 is 15.9 Å². The molecule has 0 aliphatic rings. The number of rotatable bonds is 6. The monoisotopic (exact) mass is 312 g/mol. The van der Waals surface area contributed by atoms with Crippen molar-refractivity contribution in [3.05, 3.63) is 28.2 Å². The second kappa shape index (κ2) is 7.54. The van der Waals surface area contributed by atoms with Gasteiger partial charge in [0, 0.05) is 22.6 Å². The van der Waals surface area contributed by atoms with Crippen molar-refractivity contribution in [3.63, 3.8) is 0 Å². The van der Waals surface area contributed by atoms with E-state index in [1.165, 1.54) is 0 Å². The molecule has 0 aliphatic heterocycles. The first-order valence-corrected chi connectivity index (χ1v) is 7.07. The van der Waals surface area contributed by atoms with Crippen LogP contribution in [0.5, 0.6) is 0 Å². The smallest absolute Gasteiger partial charge is 0.224 e. The first kappa shape index (κ1) is 15.2. The molecule has 0 radical (unpaired) electrons. The van der Waals surface area contributed by atoms with Gasteiger partial charge in [-0.1, -0.05) is 29.8 Å². The van der Waals surface area contributed by atoms with E-state index in [9.17, 15) is 4.79 Å². The lowest BCUT2D eigenvalue weighted by Gasteiger charge is -2.10. The molecule has 0 unspecified atom stereocenters. The number of carbonyl (C=O) groups is 1. The highest BCUT2D eigenvalue weighted by Crippen LogP contribution is 2.20. The van der Waals surface area contributed by atoms with E-state index in [0.29, 0.717) is 12.5 Å². The summed E-state index contributed by atoms with van der Waals surface area (Å²) in [6, 6.07) is 6.32. The average Bonchev–Trinajstić information content (AvgIpc) is 2.28. The Morgan fingerprint density at radius 1 is 1.39 bits per heavy atom. The minimum Gasteiger partial charge on any atom is -0.326 e. The first-order chi connectivity index (χ1) is 8.49. The van der Waals surface area contributed by atoms with E-state index >= 15 is 0 Å². The highest BCUT2D eigenvalue weighted by atomic mass is 79.9. The molecule has 0 bridgehead atoms. The lowest BCUT2D eigenvalue weighted by molar-refractivity contribution is -0.116. The van der Waals surface area contributed by atoms with Gasteiger partial charge in [-0.2, -0.15) is 0 Å². The standard InChI is InChI=1S/C14H21BrN2O/c1-10(2)16-8-4-5-14(18)17-13-7-6-12(15)9-11(13)3/h6-7,9-10,16H,4-5,8H2,1-3H3,(H,17,18). The second-order valence-electron chi connectivity index (χ2n) is 4.72. The van der Waals surface area contributed by atoms with Gasteiger partial charge < -0.3 is 10.6 Å². The zero-order valence-electron chi connectivity index (χ0n) is 11.2. The molecular formula is C14H21BrN2O. The molecule has 100 valence electrons. The molecule has 0 spiro atoms. The first-order valence-electron chi connectivity index (χ1n) is 6.28. The van der Waals surface area contributed by atoms with Crippen LogP contribution in [0.1, 0.15) is 32.3 Å². The van der Waals surface area contributed by atoms with Crippen molar-refractivity contribution in [2.24, 2.45) is 0 Å². The molecule has 0 fully saturated rings. The van der Waals surface area contributed by atoms with Crippen LogP contribution in [0.15, 0.2) is 22.7 Å². The third-order valence-electron chi connectivity index (χ3n) is 2.60. The van der Waals surface area contributed by atoms with Gasteiger partial charge in [0.05, 0.1) is 0 Å². The Kier molecular flexibility index (Phi) is 6.36. The molecule has 0 aliphatic carbocycles. The molecule has 0 heterocycles. The Morgan fingerprint density at radius 3 is 2.72 bits per heavy atom. The number of amides is 1. The molecule has 18 heavy (non-hydrogen) atoms. The van der Waals surface area contributed by atoms with Gasteiger partial charge >= 0.3 is 0 Å². The van der Waals surface area contributed by atoms with E-state index in [0.717, 1.165) is 28.7 Å². The highest BCUT2D eigenvalue weighted by Gasteiger charge is 2.05. The fourth-order valence-corrected chi connectivity index (χ4v) is 2.10. The molecule has 4 heteroatoms. The van der Waals surface area contributed by atoms with Crippen molar-refractivity contribution >= 4 is 27.5 Å². The Balaban J connectivity index is 2.35. The maximum atomic E-state index is 11.7. The maximum Gasteiger partial charge on any atom is 0.224 e. The molecule has 1 aromatic carbocycles. The van der Waals surface area contributed by atoms with Crippen molar-refractivity contribution in [3.8, 4) is 0 Å². The molecule has 0 saturated heterocycles. The zero-order chi connectivity index (χ0) is 13.5. The maximum absolute atomic E-state index is 11.7. The quantitative estimate of drug-likeness (QED) is 0.790. The average molecular weight is 313 g/mol. The van der Waals surface area contributed by atoms with Crippen molar-refractivity contribution in [2.45, 2.75) is 39.7 Å². The van der Waals surface area contributed by atoms with E-state index in [-0.39, 0.29) is 5.91 Å². The van der Waals surface area contributed by atoms with Gasteiger partial charge in [0.1, 0.15) is 0 Å². The van der Waals surface area contributed by atoms with E-state index in [4.69, 9.17) is 0 Å². The van der Waals surface area contributed by atoms with Crippen molar-refractivity contribution in [1.29, 1.82) is 0 Å². The number of halogens is 1. The van der Waals surface area contributed by atoms with Gasteiger partial charge in [0.15, 0.2) is 0 Å². The summed E-state index contributed by atoms with van der Waals surface area (Å²) < 4.78 is 1.03. The Morgan fingerprint density at radius 2 is 2.11 bits per heavy atom. The normalized spacial score (nSPS) is 10.7. The topological polar surface area (TPSA) is 41.1 Å².